The summed E-state index contributed by atoms with van der Waals surface area (Å²) in [6, 6.07) is 7.79. The molecule has 0 aliphatic carbocycles. The van der Waals surface area contributed by atoms with E-state index in [1.807, 2.05) is 31.2 Å². The quantitative estimate of drug-likeness (QED) is 0.837. The van der Waals surface area contributed by atoms with Gasteiger partial charge in [0, 0.05) is 18.9 Å². The normalized spacial score (nSPS) is 10.0. The number of hydrogen-bond acceptors (Lipinski definition) is 5. The van der Waals surface area contributed by atoms with Crippen LogP contribution in [0.15, 0.2) is 30.5 Å². The zero-order valence-electron chi connectivity index (χ0n) is 9.94. The highest BCUT2D eigenvalue weighted by Gasteiger charge is 1.98. The standard InChI is InChI=1S/C12H15N5/c1-9-4-3-5-10(16-9)8-15-11-6-7-14-12(13-2)17-11/h3-7H,8H2,1-2H3,(H2,13,14,15,17). The molecule has 2 heterocycles. The van der Waals surface area contributed by atoms with Crippen LogP contribution < -0.4 is 10.6 Å². The van der Waals surface area contributed by atoms with E-state index in [2.05, 4.69) is 25.6 Å². The third-order valence-electron chi connectivity index (χ3n) is 2.28. The lowest BCUT2D eigenvalue weighted by Crippen LogP contribution is -2.05. The Balaban J connectivity index is 2.02. The first-order valence-corrected chi connectivity index (χ1v) is 5.45. The Morgan fingerprint density at radius 1 is 1.18 bits per heavy atom. The fraction of sp³-hybridized carbons (Fsp3) is 0.250. The van der Waals surface area contributed by atoms with Crippen LogP contribution in [0.1, 0.15) is 11.4 Å². The molecule has 2 aromatic heterocycles. The monoisotopic (exact) mass is 229 g/mol. The Bertz CT molecular complexity index is 498. The summed E-state index contributed by atoms with van der Waals surface area (Å²) < 4.78 is 0. The maximum absolute atomic E-state index is 4.41. The van der Waals surface area contributed by atoms with Gasteiger partial charge < -0.3 is 10.6 Å². The maximum Gasteiger partial charge on any atom is 0.224 e. The number of aromatic nitrogens is 3. The minimum atomic E-state index is 0.604. The van der Waals surface area contributed by atoms with E-state index in [4.69, 9.17) is 0 Å². The summed E-state index contributed by atoms with van der Waals surface area (Å²) in [7, 11) is 1.79. The molecule has 2 rings (SSSR count). The van der Waals surface area contributed by atoms with E-state index >= 15 is 0 Å². The Kier molecular flexibility index (Phi) is 3.49. The highest BCUT2D eigenvalue weighted by Crippen LogP contribution is 2.07. The van der Waals surface area contributed by atoms with E-state index in [9.17, 15) is 0 Å². The molecule has 0 unspecified atom stereocenters. The number of pyridine rings is 1. The highest BCUT2D eigenvalue weighted by molar-refractivity contribution is 5.39. The van der Waals surface area contributed by atoms with Crippen molar-refractivity contribution in [3.8, 4) is 0 Å². The van der Waals surface area contributed by atoms with E-state index in [-0.39, 0.29) is 0 Å². The van der Waals surface area contributed by atoms with E-state index in [1.54, 1.807) is 13.2 Å². The van der Waals surface area contributed by atoms with Gasteiger partial charge in [-0.2, -0.15) is 4.98 Å². The Morgan fingerprint density at radius 2 is 2.06 bits per heavy atom. The molecular weight excluding hydrogens is 214 g/mol. The molecular formula is C12H15N5. The predicted octanol–water partition coefficient (Wildman–Crippen LogP) is 1.83. The summed E-state index contributed by atoms with van der Waals surface area (Å²) in [5.41, 5.74) is 2.01. The number of nitrogens with one attached hydrogen (secondary N) is 2. The van der Waals surface area contributed by atoms with Crippen LogP contribution in [0.3, 0.4) is 0 Å². The second kappa shape index (κ2) is 5.25. The van der Waals surface area contributed by atoms with Gasteiger partial charge in [0.15, 0.2) is 0 Å². The van der Waals surface area contributed by atoms with Gasteiger partial charge in [0.25, 0.3) is 0 Å². The molecule has 88 valence electrons. The average molecular weight is 229 g/mol. The lowest BCUT2D eigenvalue weighted by molar-refractivity contribution is 0.998. The smallest absolute Gasteiger partial charge is 0.224 e. The van der Waals surface area contributed by atoms with Gasteiger partial charge in [0.1, 0.15) is 5.82 Å². The summed E-state index contributed by atoms with van der Waals surface area (Å²) in [6.45, 7) is 2.63. The fourth-order valence-corrected chi connectivity index (χ4v) is 1.46. The Hall–Kier alpha value is -2.17. The van der Waals surface area contributed by atoms with Gasteiger partial charge in [-0.1, -0.05) is 6.07 Å². The number of anilines is 2. The van der Waals surface area contributed by atoms with Crippen molar-refractivity contribution in [1.82, 2.24) is 15.0 Å². The summed E-state index contributed by atoms with van der Waals surface area (Å²) in [5.74, 6) is 1.39. The minimum Gasteiger partial charge on any atom is -0.364 e. The van der Waals surface area contributed by atoms with Crippen molar-refractivity contribution in [3.05, 3.63) is 41.9 Å². The second-order valence-corrected chi connectivity index (χ2v) is 3.64. The third kappa shape index (κ3) is 3.14. The maximum atomic E-state index is 4.41. The van der Waals surface area contributed by atoms with Crippen LogP contribution in [-0.2, 0) is 6.54 Å². The largest absolute Gasteiger partial charge is 0.364 e. The van der Waals surface area contributed by atoms with Gasteiger partial charge in [-0.05, 0) is 25.1 Å². The van der Waals surface area contributed by atoms with E-state index in [0.29, 0.717) is 12.5 Å². The fourth-order valence-electron chi connectivity index (χ4n) is 1.46. The van der Waals surface area contributed by atoms with Crippen molar-refractivity contribution < 1.29 is 0 Å². The summed E-state index contributed by atoms with van der Waals surface area (Å²) in [5, 5.41) is 6.11. The zero-order chi connectivity index (χ0) is 12.1. The van der Waals surface area contributed by atoms with E-state index in [1.165, 1.54) is 0 Å². The molecule has 5 heteroatoms. The molecule has 0 saturated carbocycles. The van der Waals surface area contributed by atoms with Gasteiger partial charge in [0.05, 0.1) is 12.2 Å². The van der Waals surface area contributed by atoms with Gasteiger partial charge in [-0.15, -0.1) is 0 Å². The van der Waals surface area contributed by atoms with Gasteiger partial charge in [-0.25, -0.2) is 4.98 Å². The minimum absolute atomic E-state index is 0.604. The first kappa shape index (κ1) is 11.3. The summed E-state index contributed by atoms with van der Waals surface area (Å²) in [4.78, 5) is 12.7. The lowest BCUT2D eigenvalue weighted by Gasteiger charge is -2.06. The molecule has 0 saturated heterocycles. The first-order chi connectivity index (χ1) is 8.28. The van der Waals surface area contributed by atoms with Crippen molar-refractivity contribution in [3.63, 3.8) is 0 Å². The highest BCUT2D eigenvalue weighted by atomic mass is 15.1. The molecule has 0 radical (unpaired) electrons. The Labute approximate surface area is 100 Å². The molecule has 0 spiro atoms. The zero-order valence-corrected chi connectivity index (χ0v) is 9.94. The van der Waals surface area contributed by atoms with Gasteiger partial charge in [0.2, 0.25) is 5.95 Å². The van der Waals surface area contributed by atoms with Crippen molar-refractivity contribution in [2.45, 2.75) is 13.5 Å². The van der Waals surface area contributed by atoms with Crippen molar-refractivity contribution in [1.29, 1.82) is 0 Å². The number of rotatable bonds is 4. The van der Waals surface area contributed by atoms with Crippen LogP contribution in [-0.4, -0.2) is 22.0 Å². The van der Waals surface area contributed by atoms with Crippen LogP contribution in [0, 0.1) is 6.92 Å². The van der Waals surface area contributed by atoms with Crippen LogP contribution in [0.25, 0.3) is 0 Å². The second-order valence-electron chi connectivity index (χ2n) is 3.64. The molecule has 0 atom stereocenters. The van der Waals surface area contributed by atoms with Crippen molar-refractivity contribution in [2.75, 3.05) is 17.7 Å². The molecule has 0 aliphatic heterocycles. The van der Waals surface area contributed by atoms with Crippen molar-refractivity contribution >= 4 is 11.8 Å². The molecule has 0 fully saturated rings. The molecule has 2 aromatic rings. The summed E-state index contributed by atoms with van der Waals surface area (Å²) >= 11 is 0. The predicted molar refractivity (Wildman–Crippen MR) is 67.9 cm³/mol. The van der Waals surface area contributed by atoms with Crippen LogP contribution in [0.2, 0.25) is 0 Å². The van der Waals surface area contributed by atoms with Crippen LogP contribution in [0.5, 0.6) is 0 Å². The molecule has 2 N–H and O–H groups in total. The molecule has 0 aliphatic rings. The number of hydrogen-bond donors (Lipinski definition) is 2. The van der Waals surface area contributed by atoms with E-state index < -0.39 is 0 Å². The Morgan fingerprint density at radius 3 is 2.82 bits per heavy atom. The van der Waals surface area contributed by atoms with Gasteiger partial charge >= 0.3 is 0 Å². The molecule has 17 heavy (non-hydrogen) atoms. The molecule has 5 nitrogen and oxygen atoms in total. The topological polar surface area (TPSA) is 62.7 Å². The molecule has 0 bridgehead atoms. The van der Waals surface area contributed by atoms with Crippen LogP contribution in [0.4, 0.5) is 11.8 Å². The van der Waals surface area contributed by atoms with Gasteiger partial charge in [-0.3, -0.25) is 4.98 Å². The number of aryl methyl sites for hydroxylation is 1. The first-order valence-electron chi connectivity index (χ1n) is 5.45. The molecule has 0 amide bonds. The number of nitrogens with zero attached hydrogens (tertiary/aromatic N) is 3. The SMILES string of the molecule is CNc1nccc(NCc2cccc(C)n2)n1. The van der Waals surface area contributed by atoms with E-state index in [0.717, 1.165) is 17.2 Å². The average Bonchev–Trinajstić information content (AvgIpc) is 2.37. The third-order valence-corrected chi connectivity index (χ3v) is 2.28. The molecule has 0 aromatic carbocycles. The van der Waals surface area contributed by atoms with Crippen molar-refractivity contribution in [2.24, 2.45) is 0 Å². The van der Waals surface area contributed by atoms with Crippen LogP contribution >= 0.6 is 0 Å². The summed E-state index contributed by atoms with van der Waals surface area (Å²) in [6.07, 6.45) is 1.71. The lowest BCUT2D eigenvalue weighted by atomic mass is 10.3.